The lowest BCUT2D eigenvalue weighted by atomic mass is 10.1. The summed E-state index contributed by atoms with van der Waals surface area (Å²) in [4.78, 5) is 16.0. The lowest BCUT2D eigenvalue weighted by Gasteiger charge is -2.22. The van der Waals surface area contributed by atoms with Crippen LogP contribution in [-0.4, -0.2) is 30.3 Å². The maximum atomic E-state index is 12.0. The number of nitrogens with zero attached hydrogens (tertiary/aromatic N) is 1. The normalized spacial score (nSPS) is 16.8. The van der Waals surface area contributed by atoms with Gasteiger partial charge in [0.1, 0.15) is 0 Å². The Hall–Kier alpha value is -2.44. The summed E-state index contributed by atoms with van der Waals surface area (Å²) < 4.78 is 11.4. The number of aromatic nitrogens is 1. The molecule has 6 nitrogen and oxygen atoms in total. The summed E-state index contributed by atoms with van der Waals surface area (Å²) in [5.74, 6) is 0. The molecular formula is C20H25N3O3. The van der Waals surface area contributed by atoms with E-state index in [9.17, 15) is 4.79 Å². The smallest absolute Gasteiger partial charge is 0.319 e. The Bertz CT molecular complexity index is 688. The topological polar surface area (TPSA) is 72.5 Å². The molecule has 0 bridgehead atoms. The second-order valence-corrected chi connectivity index (χ2v) is 6.37. The van der Waals surface area contributed by atoms with Gasteiger partial charge in [-0.15, -0.1) is 0 Å². The van der Waals surface area contributed by atoms with Crippen LogP contribution in [0.25, 0.3) is 0 Å². The fourth-order valence-electron chi connectivity index (χ4n) is 2.84. The monoisotopic (exact) mass is 355 g/mol. The van der Waals surface area contributed by atoms with Gasteiger partial charge in [-0.2, -0.15) is 0 Å². The van der Waals surface area contributed by atoms with Gasteiger partial charge in [0.25, 0.3) is 0 Å². The van der Waals surface area contributed by atoms with Crippen LogP contribution in [0, 0.1) is 0 Å². The van der Waals surface area contributed by atoms with Crippen molar-refractivity contribution in [2.24, 2.45) is 0 Å². The van der Waals surface area contributed by atoms with Crippen LogP contribution in [0.5, 0.6) is 0 Å². The molecule has 1 fully saturated rings. The van der Waals surface area contributed by atoms with Gasteiger partial charge in [0.15, 0.2) is 0 Å². The van der Waals surface area contributed by atoms with Crippen molar-refractivity contribution in [2.75, 3.05) is 18.5 Å². The molecule has 6 heteroatoms. The van der Waals surface area contributed by atoms with Gasteiger partial charge >= 0.3 is 6.03 Å². The maximum absolute atomic E-state index is 12.0. The molecule has 0 unspecified atom stereocenters. The van der Waals surface area contributed by atoms with E-state index in [2.05, 4.69) is 15.6 Å². The predicted molar refractivity (Wildman–Crippen MR) is 99.8 cm³/mol. The number of benzene rings is 1. The highest BCUT2D eigenvalue weighted by molar-refractivity contribution is 5.89. The van der Waals surface area contributed by atoms with E-state index in [1.165, 1.54) is 6.42 Å². The van der Waals surface area contributed by atoms with E-state index >= 15 is 0 Å². The van der Waals surface area contributed by atoms with Crippen molar-refractivity contribution < 1.29 is 14.3 Å². The maximum Gasteiger partial charge on any atom is 0.319 e. The highest BCUT2D eigenvalue weighted by Gasteiger charge is 2.13. The second-order valence-electron chi connectivity index (χ2n) is 6.37. The minimum absolute atomic E-state index is 0.212. The van der Waals surface area contributed by atoms with Crippen LogP contribution >= 0.6 is 0 Å². The number of amides is 2. The lowest BCUT2D eigenvalue weighted by molar-refractivity contribution is -0.0447. The number of anilines is 1. The third-order valence-electron chi connectivity index (χ3n) is 4.23. The predicted octanol–water partition coefficient (Wildman–Crippen LogP) is 3.49. The molecule has 1 atom stereocenters. The Morgan fingerprint density at radius 1 is 1.19 bits per heavy atom. The van der Waals surface area contributed by atoms with Crippen LogP contribution in [0.4, 0.5) is 10.5 Å². The molecule has 0 radical (unpaired) electrons. The number of urea groups is 1. The molecule has 3 rings (SSSR count). The zero-order chi connectivity index (χ0) is 18.0. The first-order valence-electron chi connectivity index (χ1n) is 9.01. The second kappa shape index (κ2) is 9.89. The third-order valence-corrected chi connectivity index (χ3v) is 4.23. The summed E-state index contributed by atoms with van der Waals surface area (Å²) in [5, 5.41) is 5.67. The van der Waals surface area contributed by atoms with Crippen molar-refractivity contribution in [3.8, 4) is 0 Å². The number of nitrogens with one attached hydrogen (secondary N) is 2. The fraction of sp³-hybridized carbons (Fsp3) is 0.400. The number of ether oxygens (including phenoxy) is 2. The van der Waals surface area contributed by atoms with Crippen molar-refractivity contribution in [1.82, 2.24) is 10.3 Å². The number of hydrogen-bond donors (Lipinski definition) is 2. The summed E-state index contributed by atoms with van der Waals surface area (Å²) in [6.45, 7) is 2.42. The minimum Gasteiger partial charge on any atom is -0.376 e. The van der Waals surface area contributed by atoms with Gasteiger partial charge in [0.2, 0.25) is 0 Å². The molecule has 1 aliphatic rings. The Kier molecular flexibility index (Phi) is 6.98. The number of carbonyl (C=O) groups excluding carboxylic acids is 1. The molecule has 1 saturated heterocycles. The van der Waals surface area contributed by atoms with Crippen LogP contribution in [0.3, 0.4) is 0 Å². The molecule has 0 spiro atoms. The number of hydrogen-bond acceptors (Lipinski definition) is 4. The molecule has 26 heavy (non-hydrogen) atoms. The Balaban J connectivity index is 1.42. The van der Waals surface area contributed by atoms with E-state index in [0.717, 1.165) is 36.3 Å². The number of carbonyl (C=O) groups is 1. The molecule has 2 amide bonds. The standard InChI is InChI=1S/C20H25N3O3/c24-20(22-13-16-7-9-21-10-8-16)23-18-5-3-4-17(12-18)14-25-15-19-6-1-2-11-26-19/h3-5,7-10,12,19H,1-2,6,11,13-15H2,(H2,22,23,24)/t19-/m0/s1. The first-order valence-corrected chi connectivity index (χ1v) is 9.01. The van der Waals surface area contributed by atoms with E-state index in [1.807, 2.05) is 36.4 Å². The molecule has 138 valence electrons. The quantitative estimate of drug-likeness (QED) is 0.797. The van der Waals surface area contributed by atoms with Gasteiger partial charge in [-0.3, -0.25) is 4.98 Å². The van der Waals surface area contributed by atoms with E-state index in [4.69, 9.17) is 9.47 Å². The van der Waals surface area contributed by atoms with Crippen LogP contribution < -0.4 is 10.6 Å². The van der Waals surface area contributed by atoms with Gasteiger partial charge in [-0.05, 0) is 54.7 Å². The Morgan fingerprint density at radius 3 is 2.88 bits per heavy atom. The Labute approximate surface area is 153 Å². The Morgan fingerprint density at radius 2 is 2.08 bits per heavy atom. The zero-order valence-corrected chi connectivity index (χ0v) is 14.8. The molecular weight excluding hydrogens is 330 g/mol. The largest absolute Gasteiger partial charge is 0.376 e. The number of rotatable bonds is 7. The lowest BCUT2D eigenvalue weighted by Crippen LogP contribution is -2.28. The van der Waals surface area contributed by atoms with Crippen molar-refractivity contribution in [3.63, 3.8) is 0 Å². The summed E-state index contributed by atoms with van der Waals surface area (Å²) in [7, 11) is 0. The van der Waals surface area contributed by atoms with Crippen LogP contribution in [0.1, 0.15) is 30.4 Å². The van der Waals surface area contributed by atoms with E-state index in [-0.39, 0.29) is 12.1 Å². The first kappa shape index (κ1) is 18.4. The molecule has 1 aromatic carbocycles. The summed E-state index contributed by atoms with van der Waals surface area (Å²) in [6, 6.07) is 11.2. The molecule has 2 heterocycles. The van der Waals surface area contributed by atoms with Crippen LogP contribution in [-0.2, 0) is 22.6 Å². The minimum atomic E-state index is -0.240. The fourth-order valence-corrected chi connectivity index (χ4v) is 2.84. The molecule has 1 aromatic heterocycles. The average molecular weight is 355 g/mol. The van der Waals surface area contributed by atoms with E-state index in [1.54, 1.807) is 12.4 Å². The van der Waals surface area contributed by atoms with Gasteiger partial charge in [-0.25, -0.2) is 4.79 Å². The average Bonchev–Trinajstić information content (AvgIpc) is 2.68. The van der Waals surface area contributed by atoms with Gasteiger partial charge in [0, 0.05) is 31.2 Å². The van der Waals surface area contributed by atoms with E-state index in [0.29, 0.717) is 19.8 Å². The van der Waals surface area contributed by atoms with Crippen molar-refractivity contribution >= 4 is 11.7 Å². The molecule has 2 aromatic rings. The summed E-state index contributed by atoms with van der Waals surface area (Å²) in [6.07, 6.45) is 7.05. The van der Waals surface area contributed by atoms with Crippen molar-refractivity contribution in [1.29, 1.82) is 0 Å². The number of pyridine rings is 1. The summed E-state index contributed by atoms with van der Waals surface area (Å²) >= 11 is 0. The first-order chi connectivity index (χ1) is 12.8. The van der Waals surface area contributed by atoms with Gasteiger partial charge < -0.3 is 20.1 Å². The van der Waals surface area contributed by atoms with Crippen molar-refractivity contribution in [3.05, 3.63) is 59.9 Å². The SMILES string of the molecule is O=C(NCc1ccncc1)Nc1cccc(COC[C@@H]2CCCCO2)c1. The van der Waals surface area contributed by atoms with Crippen LogP contribution in [0.2, 0.25) is 0 Å². The third kappa shape index (κ3) is 6.13. The van der Waals surface area contributed by atoms with E-state index < -0.39 is 0 Å². The highest BCUT2D eigenvalue weighted by Crippen LogP contribution is 2.15. The molecule has 0 saturated carbocycles. The van der Waals surface area contributed by atoms with Gasteiger partial charge in [-0.1, -0.05) is 12.1 Å². The zero-order valence-electron chi connectivity index (χ0n) is 14.8. The summed E-state index contributed by atoms with van der Waals surface area (Å²) in [5.41, 5.74) is 2.77. The molecule has 2 N–H and O–H groups in total. The molecule has 0 aliphatic carbocycles. The van der Waals surface area contributed by atoms with Gasteiger partial charge in [0.05, 0.1) is 19.3 Å². The molecule has 1 aliphatic heterocycles. The van der Waals surface area contributed by atoms with Crippen LogP contribution in [0.15, 0.2) is 48.8 Å². The van der Waals surface area contributed by atoms with Crippen molar-refractivity contribution in [2.45, 2.75) is 38.5 Å². The highest BCUT2D eigenvalue weighted by atomic mass is 16.5.